The Kier molecular flexibility index (Phi) is 4.84. The van der Waals surface area contributed by atoms with Gasteiger partial charge < -0.3 is 0 Å². The lowest BCUT2D eigenvalue weighted by molar-refractivity contribution is -0.191. The molecule has 0 aromatic carbocycles. The number of fused-ring (bicyclic) bond motifs is 7. The maximum absolute atomic E-state index is 2.86. The van der Waals surface area contributed by atoms with Crippen molar-refractivity contribution in [2.75, 3.05) is 0 Å². The molecule has 0 bridgehead atoms. The lowest BCUT2D eigenvalue weighted by Gasteiger charge is -2.71. The predicted octanol–water partition coefficient (Wildman–Crippen LogP) is 9.30. The Labute approximate surface area is 194 Å². The largest absolute Gasteiger partial charge is 0.0841 e. The third kappa shape index (κ3) is 2.66. The molecule has 176 valence electrons. The van der Waals surface area contributed by atoms with Crippen LogP contribution in [0, 0.1) is 62.6 Å². The van der Waals surface area contributed by atoms with Crippen LogP contribution < -0.4 is 0 Å². The van der Waals surface area contributed by atoms with E-state index < -0.39 is 0 Å². The summed E-state index contributed by atoms with van der Waals surface area (Å²) >= 11 is 0. The lowest BCUT2D eigenvalue weighted by atomic mass is 9.33. The summed E-state index contributed by atoms with van der Waals surface area (Å²) in [6, 6.07) is 0. The van der Waals surface area contributed by atoms with E-state index in [4.69, 9.17) is 0 Å². The van der Waals surface area contributed by atoms with Gasteiger partial charge in [-0.1, -0.05) is 74.0 Å². The number of hydrogen-bond donors (Lipinski definition) is 0. The van der Waals surface area contributed by atoms with E-state index in [-0.39, 0.29) is 0 Å². The first-order valence-corrected chi connectivity index (χ1v) is 14.0. The molecular formula is C31H52. The molecule has 0 N–H and O–H groups in total. The highest BCUT2D eigenvalue weighted by Crippen LogP contribution is 2.76. The summed E-state index contributed by atoms with van der Waals surface area (Å²) in [5, 5.41) is 0. The van der Waals surface area contributed by atoms with Crippen molar-refractivity contribution in [2.45, 2.75) is 120 Å². The van der Waals surface area contributed by atoms with Crippen LogP contribution in [0.3, 0.4) is 0 Å². The Morgan fingerprint density at radius 1 is 0.742 bits per heavy atom. The molecule has 10 atom stereocenters. The zero-order valence-electron chi connectivity index (χ0n) is 22.4. The Morgan fingerprint density at radius 2 is 1.45 bits per heavy atom. The zero-order chi connectivity index (χ0) is 22.6. The second kappa shape index (κ2) is 6.66. The van der Waals surface area contributed by atoms with E-state index in [9.17, 15) is 0 Å². The first-order chi connectivity index (χ1) is 14.3. The van der Waals surface area contributed by atoms with E-state index >= 15 is 0 Å². The van der Waals surface area contributed by atoms with Crippen LogP contribution in [0.25, 0.3) is 0 Å². The average Bonchev–Trinajstić information content (AvgIpc) is 2.69. The summed E-state index contributed by atoms with van der Waals surface area (Å²) in [5.74, 6) is 5.23. The van der Waals surface area contributed by atoms with Crippen molar-refractivity contribution in [3.05, 3.63) is 11.6 Å². The van der Waals surface area contributed by atoms with Gasteiger partial charge >= 0.3 is 0 Å². The highest BCUT2D eigenvalue weighted by Gasteiger charge is 2.67. The second-order valence-electron chi connectivity index (χ2n) is 15.1. The highest BCUT2D eigenvalue weighted by atomic mass is 14.7. The van der Waals surface area contributed by atoms with Crippen LogP contribution in [-0.4, -0.2) is 0 Å². The molecule has 10 unspecified atom stereocenters. The van der Waals surface area contributed by atoms with Gasteiger partial charge in [-0.25, -0.2) is 0 Å². The van der Waals surface area contributed by atoms with E-state index in [1.165, 1.54) is 57.8 Å². The van der Waals surface area contributed by atoms with Crippen molar-refractivity contribution >= 4 is 0 Å². The van der Waals surface area contributed by atoms with Gasteiger partial charge in [-0.05, 0) is 120 Å². The monoisotopic (exact) mass is 424 g/mol. The third-order valence-electron chi connectivity index (χ3n) is 13.9. The fraction of sp³-hybridized carbons (Fsp3) is 0.935. The smallest absolute Gasteiger partial charge is 0.00564 e. The van der Waals surface area contributed by atoms with E-state index in [0.717, 1.165) is 35.5 Å². The molecule has 0 aromatic rings. The highest BCUT2D eigenvalue weighted by molar-refractivity contribution is 5.33. The minimum Gasteiger partial charge on any atom is -0.0841 e. The standard InChI is InChI=1S/C31H52/c1-20-12-15-28(6)18-19-30(8)23(26(28)22(20)3)10-11-25-29(7)16-13-21(2)27(4,5)24(29)14-17-31(25,30)9/h10,20-22,24-26H,11-19H2,1-9H3. The maximum atomic E-state index is 2.86. The first-order valence-electron chi connectivity index (χ1n) is 14.0. The van der Waals surface area contributed by atoms with Crippen LogP contribution in [0.5, 0.6) is 0 Å². The molecule has 4 fully saturated rings. The number of allylic oxidation sites excluding steroid dienone is 2. The van der Waals surface area contributed by atoms with Gasteiger partial charge in [0.05, 0.1) is 0 Å². The Bertz CT molecular complexity index is 773. The van der Waals surface area contributed by atoms with Crippen molar-refractivity contribution in [3.8, 4) is 0 Å². The van der Waals surface area contributed by atoms with Crippen LogP contribution in [0.2, 0.25) is 0 Å². The summed E-state index contributed by atoms with van der Waals surface area (Å²) in [4.78, 5) is 0. The molecule has 31 heavy (non-hydrogen) atoms. The summed E-state index contributed by atoms with van der Waals surface area (Å²) in [7, 11) is 0. The lowest BCUT2D eigenvalue weighted by Crippen LogP contribution is -2.64. The Balaban J connectivity index is 1.59. The van der Waals surface area contributed by atoms with Crippen molar-refractivity contribution in [1.82, 2.24) is 0 Å². The molecular weight excluding hydrogens is 372 g/mol. The van der Waals surface area contributed by atoms with Gasteiger partial charge in [-0.2, -0.15) is 0 Å². The molecule has 0 spiro atoms. The Hall–Kier alpha value is -0.260. The van der Waals surface area contributed by atoms with Gasteiger partial charge in [-0.3, -0.25) is 0 Å². The van der Waals surface area contributed by atoms with Crippen LogP contribution in [0.15, 0.2) is 11.6 Å². The summed E-state index contributed by atoms with van der Waals surface area (Å²) in [6.45, 7) is 23.9. The van der Waals surface area contributed by atoms with Crippen LogP contribution in [0.4, 0.5) is 0 Å². The van der Waals surface area contributed by atoms with E-state index in [2.05, 4.69) is 68.4 Å². The average molecular weight is 425 g/mol. The van der Waals surface area contributed by atoms with Gasteiger partial charge in [0.15, 0.2) is 0 Å². The van der Waals surface area contributed by atoms with E-state index in [0.29, 0.717) is 27.1 Å². The molecule has 0 heterocycles. The van der Waals surface area contributed by atoms with Crippen LogP contribution in [0.1, 0.15) is 120 Å². The maximum Gasteiger partial charge on any atom is -0.00564 e. The topological polar surface area (TPSA) is 0 Å². The molecule has 4 saturated carbocycles. The minimum absolute atomic E-state index is 0.423. The summed E-state index contributed by atoms with van der Waals surface area (Å²) in [6.07, 6.45) is 15.9. The second-order valence-corrected chi connectivity index (χ2v) is 15.1. The fourth-order valence-corrected chi connectivity index (χ4v) is 11.0. The van der Waals surface area contributed by atoms with E-state index in [1.807, 2.05) is 5.57 Å². The number of rotatable bonds is 0. The molecule has 0 saturated heterocycles. The normalized spacial score (nSPS) is 58.3. The van der Waals surface area contributed by atoms with Gasteiger partial charge in [0.2, 0.25) is 0 Å². The number of hydrogen-bond acceptors (Lipinski definition) is 0. The zero-order valence-corrected chi connectivity index (χ0v) is 22.4. The van der Waals surface area contributed by atoms with Crippen molar-refractivity contribution < 1.29 is 0 Å². The summed E-state index contributed by atoms with van der Waals surface area (Å²) < 4.78 is 0. The molecule has 5 aliphatic rings. The SMILES string of the molecule is CC1CCC2(C)CCC3(C)C(=CCC4C5(C)CCC(C)C(C)(C)C5CCC43C)C2C1C. The molecule has 0 nitrogen and oxygen atoms in total. The van der Waals surface area contributed by atoms with Gasteiger partial charge in [0, 0.05) is 0 Å². The van der Waals surface area contributed by atoms with Crippen molar-refractivity contribution in [2.24, 2.45) is 62.6 Å². The van der Waals surface area contributed by atoms with Crippen LogP contribution >= 0.6 is 0 Å². The molecule has 0 amide bonds. The predicted molar refractivity (Wildman–Crippen MR) is 134 cm³/mol. The quantitative estimate of drug-likeness (QED) is 0.340. The minimum atomic E-state index is 0.423. The van der Waals surface area contributed by atoms with Crippen molar-refractivity contribution in [1.29, 1.82) is 0 Å². The Morgan fingerprint density at radius 3 is 2.16 bits per heavy atom. The molecule has 0 heteroatoms. The van der Waals surface area contributed by atoms with Crippen molar-refractivity contribution in [3.63, 3.8) is 0 Å². The van der Waals surface area contributed by atoms with Crippen LogP contribution in [-0.2, 0) is 0 Å². The van der Waals surface area contributed by atoms with Gasteiger partial charge in [-0.15, -0.1) is 0 Å². The fourth-order valence-electron chi connectivity index (χ4n) is 11.0. The van der Waals surface area contributed by atoms with E-state index in [1.54, 1.807) is 0 Å². The molecule has 5 aliphatic carbocycles. The molecule has 0 radical (unpaired) electrons. The van der Waals surface area contributed by atoms with Gasteiger partial charge in [0.25, 0.3) is 0 Å². The molecule has 0 aromatic heterocycles. The van der Waals surface area contributed by atoms with Gasteiger partial charge in [0.1, 0.15) is 0 Å². The molecule has 5 rings (SSSR count). The molecule has 0 aliphatic heterocycles. The summed E-state index contributed by atoms with van der Waals surface area (Å²) in [5.41, 5.74) is 4.43. The first kappa shape index (κ1) is 22.5. The third-order valence-corrected chi connectivity index (χ3v) is 13.9.